The van der Waals surface area contributed by atoms with E-state index in [9.17, 15) is 4.79 Å². The number of pyridine rings is 1. The Bertz CT molecular complexity index is 325. The van der Waals surface area contributed by atoms with Gasteiger partial charge in [-0.3, -0.25) is 9.78 Å². The molecular weight excluding hydrogens is 208 g/mol. The Morgan fingerprint density at radius 3 is 2.88 bits per heavy atom. The summed E-state index contributed by atoms with van der Waals surface area (Å²) in [6.45, 7) is 0.875. The monoisotopic (exact) mass is 224 g/mol. The zero-order valence-electron chi connectivity index (χ0n) is 9.31. The van der Waals surface area contributed by atoms with Gasteiger partial charge in [0.15, 0.2) is 0 Å². The van der Waals surface area contributed by atoms with Crippen LogP contribution in [0.1, 0.15) is 12.1 Å². The number of ether oxygens (including phenoxy) is 2. The van der Waals surface area contributed by atoms with E-state index in [1.54, 1.807) is 6.20 Å². The molecule has 1 aromatic heterocycles. The summed E-state index contributed by atoms with van der Waals surface area (Å²) in [7, 11) is 1.35. The van der Waals surface area contributed by atoms with Crippen LogP contribution in [0.3, 0.4) is 0 Å². The Kier molecular flexibility index (Phi) is 5.28. The number of carbonyl (C=O) groups is 1. The molecule has 0 aliphatic rings. The minimum absolute atomic E-state index is 0.237. The quantitative estimate of drug-likeness (QED) is 0.713. The van der Waals surface area contributed by atoms with Crippen LogP contribution < -0.4 is 10.5 Å². The zero-order chi connectivity index (χ0) is 11.8. The van der Waals surface area contributed by atoms with Crippen LogP contribution in [0.25, 0.3) is 0 Å². The molecule has 2 N–H and O–H groups in total. The first-order valence-electron chi connectivity index (χ1n) is 5.11. The molecule has 0 saturated carbocycles. The Morgan fingerprint density at radius 2 is 2.31 bits per heavy atom. The highest BCUT2D eigenvalue weighted by Crippen LogP contribution is 2.09. The molecule has 1 aromatic rings. The number of hydrogen-bond donors (Lipinski definition) is 1. The van der Waals surface area contributed by atoms with E-state index in [0.717, 1.165) is 12.1 Å². The first kappa shape index (κ1) is 12.4. The molecule has 0 amide bonds. The number of esters is 1. The van der Waals surface area contributed by atoms with Gasteiger partial charge in [-0.25, -0.2) is 0 Å². The van der Waals surface area contributed by atoms with Gasteiger partial charge >= 0.3 is 5.97 Å². The summed E-state index contributed by atoms with van der Waals surface area (Å²) in [6.07, 6.45) is 2.62. The van der Waals surface area contributed by atoms with E-state index in [1.165, 1.54) is 7.11 Å². The number of nitrogens with two attached hydrogens (primary N) is 1. The second kappa shape index (κ2) is 6.79. The summed E-state index contributed by atoms with van der Waals surface area (Å²) < 4.78 is 9.81. The van der Waals surface area contributed by atoms with Crippen molar-refractivity contribution in [1.29, 1.82) is 0 Å². The average Bonchev–Trinajstić information content (AvgIpc) is 2.31. The molecule has 1 heterocycles. The van der Waals surface area contributed by atoms with Gasteiger partial charge in [-0.1, -0.05) is 0 Å². The van der Waals surface area contributed by atoms with E-state index >= 15 is 0 Å². The van der Waals surface area contributed by atoms with Gasteiger partial charge in [0.05, 0.1) is 26.3 Å². The standard InChI is InChI=1S/C11H16N2O3/c1-15-11(14)5-7-16-10-3-2-9(4-6-12)13-8-10/h2-3,8H,4-7,12H2,1H3. The third-order valence-electron chi connectivity index (χ3n) is 2.00. The van der Waals surface area contributed by atoms with Gasteiger partial charge in [0.2, 0.25) is 0 Å². The second-order valence-corrected chi connectivity index (χ2v) is 3.20. The summed E-state index contributed by atoms with van der Waals surface area (Å²) in [6, 6.07) is 3.68. The average molecular weight is 224 g/mol. The maximum atomic E-state index is 10.8. The van der Waals surface area contributed by atoms with Gasteiger partial charge < -0.3 is 15.2 Å². The van der Waals surface area contributed by atoms with E-state index in [2.05, 4.69) is 9.72 Å². The second-order valence-electron chi connectivity index (χ2n) is 3.20. The Labute approximate surface area is 94.6 Å². The van der Waals surface area contributed by atoms with Crippen LogP contribution in [0.2, 0.25) is 0 Å². The first-order chi connectivity index (χ1) is 7.76. The van der Waals surface area contributed by atoms with Crippen molar-refractivity contribution in [2.45, 2.75) is 12.8 Å². The number of nitrogens with zero attached hydrogens (tertiary/aromatic N) is 1. The lowest BCUT2D eigenvalue weighted by atomic mass is 10.3. The van der Waals surface area contributed by atoms with Gasteiger partial charge in [-0.2, -0.15) is 0 Å². The van der Waals surface area contributed by atoms with Gasteiger partial charge in [-0.05, 0) is 18.7 Å². The van der Waals surface area contributed by atoms with E-state index < -0.39 is 0 Å². The number of carbonyl (C=O) groups excluding carboxylic acids is 1. The maximum absolute atomic E-state index is 10.8. The van der Waals surface area contributed by atoms with Crippen molar-refractivity contribution >= 4 is 5.97 Å². The largest absolute Gasteiger partial charge is 0.491 e. The fourth-order valence-corrected chi connectivity index (χ4v) is 1.15. The van der Waals surface area contributed by atoms with Gasteiger partial charge in [0.1, 0.15) is 5.75 Å². The van der Waals surface area contributed by atoms with Gasteiger partial charge in [0.25, 0.3) is 0 Å². The van der Waals surface area contributed by atoms with Crippen LogP contribution in [0, 0.1) is 0 Å². The predicted molar refractivity (Wildman–Crippen MR) is 59.1 cm³/mol. The number of aromatic nitrogens is 1. The maximum Gasteiger partial charge on any atom is 0.308 e. The molecule has 1 rings (SSSR count). The summed E-state index contributed by atoms with van der Waals surface area (Å²) in [5.41, 5.74) is 6.34. The summed E-state index contributed by atoms with van der Waals surface area (Å²) >= 11 is 0. The van der Waals surface area contributed by atoms with Crippen molar-refractivity contribution in [3.63, 3.8) is 0 Å². The Morgan fingerprint density at radius 1 is 1.50 bits per heavy atom. The van der Waals surface area contributed by atoms with Crippen molar-refractivity contribution < 1.29 is 14.3 Å². The molecule has 0 saturated heterocycles. The molecule has 0 spiro atoms. The molecule has 5 heteroatoms. The molecule has 5 nitrogen and oxygen atoms in total. The highest BCUT2D eigenvalue weighted by molar-refractivity contribution is 5.69. The molecule has 0 atom stereocenters. The summed E-state index contributed by atoms with van der Waals surface area (Å²) in [5, 5.41) is 0. The third kappa shape index (κ3) is 4.27. The minimum atomic E-state index is -0.285. The fraction of sp³-hybridized carbons (Fsp3) is 0.455. The third-order valence-corrected chi connectivity index (χ3v) is 2.00. The van der Waals surface area contributed by atoms with Crippen molar-refractivity contribution in [2.24, 2.45) is 5.73 Å². The first-order valence-corrected chi connectivity index (χ1v) is 5.11. The Hall–Kier alpha value is -1.62. The van der Waals surface area contributed by atoms with Crippen LogP contribution in [0.5, 0.6) is 5.75 Å². The molecular formula is C11H16N2O3. The van der Waals surface area contributed by atoms with Crippen molar-refractivity contribution in [2.75, 3.05) is 20.3 Å². The van der Waals surface area contributed by atoms with Crippen LogP contribution in [-0.4, -0.2) is 31.2 Å². The highest BCUT2D eigenvalue weighted by atomic mass is 16.5. The lowest BCUT2D eigenvalue weighted by Crippen LogP contribution is -2.08. The lowest BCUT2D eigenvalue weighted by molar-refractivity contribution is -0.141. The van der Waals surface area contributed by atoms with E-state index in [0.29, 0.717) is 18.9 Å². The van der Waals surface area contributed by atoms with E-state index in [4.69, 9.17) is 10.5 Å². The van der Waals surface area contributed by atoms with Gasteiger partial charge in [0, 0.05) is 12.1 Å². The van der Waals surface area contributed by atoms with Crippen LogP contribution in [0.4, 0.5) is 0 Å². The Balaban J connectivity index is 2.34. The van der Waals surface area contributed by atoms with Crippen molar-refractivity contribution in [1.82, 2.24) is 4.98 Å². The van der Waals surface area contributed by atoms with Gasteiger partial charge in [-0.15, -0.1) is 0 Å². The molecule has 0 radical (unpaired) electrons. The van der Waals surface area contributed by atoms with Crippen molar-refractivity contribution in [3.05, 3.63) is 24.0 Å². The van der Waals surface area contributed by atoms with Crippen LogP contribution in [0.15, 0.2) is 18.3 Å². The minimum Gasteiger partial charge on any atom is -0.491 e. The molecule has 0 aliphatic carbocycles. The smallest absolute Gasteiger partial charge is 0.308 e. The number of hydrogen-bond acceptors (Lipinski definition) is 5. The summed E-state index contributed by atoms with van der Waals surface area (Å²) in [4.78, 5) is 15.0. The zero-order valence-corrected chi connectivity index (χ0v) is 9.31. The summed E-state index contributed by atoms with van der Waals surface area (Å²) in [5.74, 6) is 0.359. The van der Waals surface area contributed by atoms with Crippen LogP contribution >= 0.6 is 0 Å². The van der Waals surface area contributed by atoms with Crippen molar-refractivity contribution in [3.8, 4) is 5.75 Å². The molecule has 16 heavy (non-hydrogen) atoms. The van der Waals surface area contributed by atoms with Crippen LogP contribution in [-0.2, 0) is 16.0 Å². The van der Waals surface area contributed by atoms with E-state index in [1.807, 2.05) is 12.1 Å². The molecule has 88 valence electrons. The highest BCUT2D eigenvalue weighted by Gasteiger charge is 2.01. The number of methoxy groups -OCH3 is 1. The molecule has 0 unspecified atom stereocenters. The molecule has 0 aromatic carbocycles. The topological polar surface area (TPSA) is 74.4 Å². The lowest BCUT2D eigenvalue weighted by Gasteiger charge is -2.05. The molecule has 0 fully saturated rings. The SMILES string of the molecule is COC(=O)CCOc1ccc(CCN)nc1. The molecule has 0 aliphatic heterocycles. The predicted octanol–water partition coefficient (Wildman–Crippen LogP) is 0.525. The number of rotatable bonds is 6. The fourth-order valence-electron chi connectivity index (χ4n) is 1.15. The normalized spacial score (nSPS) is 9.88. The molecule has 0 bridgehead atoms. The van der Waals surface area contributed by atoms with E-state index in [-0.39, 0.29) is 12.4 Å².